The van der Waals surface area contributed by atoms with Gasteiger partial charge in [0, 0.05) is 18.3 Å². The number of likely N-dealkylation sites (tertiary alicyclic amines) is 1. The molecule has 102 valence electrons. The Kier molecular flexibility index (Phi) is 3.64. The van der Waals surface area contributed by atoms with Crippen LogP contribution in [0.3, 0.4) is 0 Å². The number of urea groups is 1. The molecule has 1 aliphatic rings. The van der Waals surface area contributed by atoms with E-state index in [1.54, 1.807) is 0 Å². The number of carbonyl (C=O) groups is 2. The number of rotatable bonds is 2. The molecule has 1 heterocycles. The minimum Gasteiger partial charge on any atom is -0.480 e. The van der Waals surface area contributed by atoms with Crippen molar-refractivity contribution in [1.82, 2.24) is 4.90 Å². The highest BCUT2D eigenvalue weighted by molar-refractivity contribution is 5.92. The van der Waals surface area contributed by atoms with Gasteiger partial charge >= 0.3 is 12.0 Å². The maximum atomic E-state index is 13.0. The Bertz CT molecular complexity index is 501. The predicted octanol–water partition coefficient (Wildman–Crippen LogP) is 2.05. The van der Waals surface area contributed by atoms with Gasteiger partial charge in [-0.25, -0.2) is 18.4 Å². The van der Waals surface area contributed by atoms with Crippen LogP contribution in [0.1, 0.15) is 12.8 Å². The van der Waals surface area contributed by atoms with E-state index < -0.39 is 29.7 Å². The third kappa shape index (κ3) is 2.98. The molecule has 0 radical (unpaired) electrons. The molecule has 2 amide bonds. The smallest absolute Gasteiger partial charge is 0.326 e. The molecule has 0 spiro atoms. The summed E-state index contributed by atoms with van der Waals surface area (Å²) in [7, 11) is 0. The van der Waals surface area contributed by atoms with E-state index in [0.717, 1.165) is 17.0 Å². The number of amides is 2. The molecule has 1 atom stereocenters. The van der Waals surface area contributed by atoms with Crippen molar-refractivity contribution in [2.45, 2.75) is 18.9 Å². The van der Waals surface area contributed by atoms with E-state index in [9.17, 15) is 18.4 Å². The number of benzene rings is 1. The fraction of sp³-hybridized carbons (Fsp3) is 0.333. The first-order valence-electron chi connectivity index (χ1n) is 5.74. The Balaban J connectivity index is 2.10. The van der Waals surface area contributed by atoms with Crippen molar-refractivity contribution in [1.29, 1.82) is 0 Å². The van der Waals surface area contributed by atoms with Crippen molar-refractivity contribution >= 4 is 17.7 Å². The van der Waals surface area contributed by atoms with Crippen molar-refractivity contribution in [3.05, 3.63) is 29.8 Å². The van der Waals surface area contributed by atoms with Crippen molar-refractivity contribution in [3.63, 3.8) is 0 Å². The molecule has 7 heteroatoms. The molecule has 1 fully saturated rings. The monoisotopic (exact) mass is 270 g/mol. The summed E-state index contributed by atoms with van der Waals surface area (Å²) in [5, 5.41) is 11.2. The second-order valence-electron chi connectivity index (χ2n) is 4.28. The number of aliphatic carboxylic acids is 1. The first kappa shape index (κ1) is 13.3. The highest BCUT2D eigenvalue weighted by atomic mass is 19.1. The quantitative estimate of drug-likeness (QED) is 0.864. The zero-order chi connectivity index (χ0) is 14.0. The van der Waals surface area contributed by atoms with Crippen LogP contribution in [0.4, 0.5) is 19.3 Å². The summed E-state index contributed by atoms with van der Waals surface area (Å²) in [6.45, 7) is 0.306. The molecule has 0 aromatic heterocycles. The van der Waals surface area contributed by atoms with Gasteiger partial charge in [0.1, 0.15) is 17.7 Å². The SMILES string of the molecule is O=C(O)[C@H]1CCCN1C(=O)Nc1cc(F)cc(F)c1. The van der Waals surface area contributed by atoms with Crippen LogP contribution in [0.5, 0.6) is 0 Å². The Hall–Kier alpha value is -2.18. The molecular formula is C12H12F2N2O3. The molecule has 2 N–H and O–H groups in total. The third-order valence-electron chi connectivity index (χ3n) is 2.91. The molecule has 0 unspecified atom stereocenters. The molecule has 1 aromatic carbocycles. The Labute approximate surface area is 107 Å². The van der Waals surface area contributed by atoms with E-state index in [0.29, 0.717) is 25.5 Å². The molecule has 19 heavy (non-hydrogen) atoms. The lowest BCUT2D eigenvalue weighted by Crippen LogP contribution is -2.42. The Morgan fingerprint density at radius 3 is 2.47 bits per heavy atom. The van der Waals surface area contributed by atoms with Gasteiger partial charge in [-0.1, -0.05) is 0 Å². The number of hydrogen-bond acceptors (Lipinski definition) is 2. The van der Waals surface area contributed by atoms with Gasteiger partial charge in [0.15, 0.2) is 0 Å². The number of carboxylic acid groups (broad SMARTS) is 1. The maximum Gasteiger partial charge on any atom is 0.326 e. The number of anilines is 1. The molecule has 0 bridgehead atoms. The predicted molar refractivity (Wildman–Crippen MR) is 62.7 cm³/mol. The number of carboxylic acids is 1. The summed E-state index contributed by atoms with van der Waals surface area (Å²) < 4.78 is 25.9. The van der Waals surface area contributed by atoms with Gasteiger partial charge < -0.3 is 15.3 Å². The standard InChI is InChI=1S/C12H12F2N2O3/c13-7-4-8(14)6-9(5-7)15-12(19)16-3-1-2-10(16)11(17)18/h4-6,10H,1-3H2,(H,15,19)(H,17,18)/t10-/m1/s1. The second-order valence-corrected chi connectivity index (χ2v) is 4.28. The summed E-state index contributed by atoms with van der Waals surface area (Å²) in [6.07, 6.45) is 0.960. The fourth-order valence-corrected chi connectivity index (χ4v) is 2.09. The van der Waals surface area contributed by atoms with Crippen LogP contribution < -0.4 is 5.32 Å². The number of carbonyl (C=O) groups excluding carboxylic acids is 1. The van der Waals surface area contributed by atoms with E-state index in [1.165, 1.54) is 0 Å². The van der Waals surface area contributed by atoms with Gasteiger partial charge in [0.2, 0.25) is 0 Å². The molecule has 0 aliphatic carbocycles. The van der Waals surface area contributed by atoms with Gasteiger partial charge in [-0.05, 0) is 25.0 Å². The molecule has 1 saturated heterocycles. The van der Waals surface area contributed by atoms with Crippen LogP contribution in [-0.2, 0) is 4.79 Å². The summed E-state index contributed by atoms with van der Waals surface area (Å²) in [5.41, 5.74) is -0.0430. The van der Waals surface area contributed by atoms with E-state index in [2.05, 4.69) is 5.32 Å². The number of nitrogens with zero attached hydrogens (tertiary/aromatic N) is 1. The molecule has 2 rings (SSSR count). The van der Waals surface area contributed by atoms with E-state index >= 15 is 0 Å². The van der Waals surface area contributed by atoms with Gasteiger partial charge in [0.25, 0.3) is 0 Å². The Morgan fingerprint density at radius 1 is 1.26 bits per heavy atom. The Morgan fingerprint density at radius 2 is 1.89 bits per heavy atom. The minimum atomic E-state index is -1.09. The van der Waals surface area contributed by atoms with E-state index in [4.69, 9.17) is 5.11 Å². The highest BCUT2D eigenvalue weighted by Crippen LogP contribution is 2.20. The van der Waals surface area contributed by atoms with Crippen LogP contribution >= 0.6 is 0 Å². The lowest BCUT2D eigenvalue weighted by atomic mass is 10.2. The van der Waals surface area contributed by atoms with Crippen molar-refractivity contribution < 1.29 is 23.5 Å². The van der Waals surface area contributed by atoms with Crippen LogP contribution in [0.15, 0.2) is 18.2 Å². The number of nitrogens with one attached hydrogen (secondary N) is 1. The molecular weight excluding hydrogens is 258 g/mol. The maximum absolute atomic E-state index is 13.0. The van der Waals surface area contributed by atoms with Gasteiger partial charge in [-0.15, -0.1) is 0 Å². The lowest BCUT2D eigenvalue weighted by Gasteiger charge is -2.21. The summed E-state index contributed by atoms with van der Waals surface area (Å²) in [4.78, 5) is 23.9. The zero-order valence-corrected chi connectivity index (χ0v) is 9.90. The van der Waals surface area contributed by atoms with Crippen LogP contribution in [0, 0.1) is 11.6 Å². The van der Waals surface area contributed by atoms with Crippen molar-refractivity contribution in [3.8, 4) is 0 Å². The van der Waals surface area contributed by atoms with Crippen LogP contribution in [-0.4, -0.2) is 34.6 Å². The molecule has 1 aliphatic heterocycles. The minimum absolute atomic E-state index is 0.0430. The second kappa shape index (κ2) is 5.21. The van der Waals surface area contributed by atoms with E-state index in [-0.39, 0.29) is 5.69 Å². The molecule has 0 saturated carbocycles. The average Bonchev–Trinajstić information content (AvgIpc) is 2.75. The molecule has 5 nitrogen and oxygen atoms in total. The largest absolute Gasteiger partial charge is 0.480 e. The average molecular weight is 270 g/mol. The first-order chi connectivity index (χ1) is 8.97. The zero-order valence-electron chi connectivity index (χ0n) is 9.90. The number of halogens is 2. The molecule has 1 aromatic rings. The summed E-state index contributed by atoms with van der Waals surface area (Å²) in [6, 6.07) is 1.05. The lowest BCUT2D eigenvalue weighted by molar-refractivity contribution is -0.141. The normalized spacial score (nSPS) is 18.4. The highest BCUT2D eigenvalue weighted by Gasteiger charge is 2.34. The number of hydrogen-bond donors (Lipinski definition) is 2. The van der Waals surface area contributed by atoms with Crippen molar-refractivity contribution in [2.75, 3.05) is 11.9 Å². The van der Waals surface area contributed by atoms with E-state index in [1.807, 2.05) is 0 Å². The first-order valence-corrected chi connectivity index (χ1v) is 5.74. The topological polar surface area (TPSA) is 69.6 Å². The summed E-state index contributed by atoms with van der Waals surface area (Å²) >= 11 is 0. The van der Waals surface area contributed by atoms with Crippen LogP contribution in [0.25, 0.3) is 0 Å². The summed E-state index contributed by atoms with van der Waals surface area (Å²) in [5.74, 6) is -2.71. The fourth-order valence-electron chi connectivity index (χ4n) is 2.09. The van der Waals surface area contributed by atoms with Gasteiger partial charge in [-0.3, -0.25) is 0 Å². The van der Waals surface area contributed by atoms with Gasteiger partial charge in [-0.2, -0.15) is 0 Å². The van der Waals surface area contributed by atoms with Crippen LogP contribution in [0.2, 0.25) is 0 Å². The third-order valence-corrected chi connectivity index (χ3v) is 2.91. The van der Waals surface area contributed by atoms with Crippen molar-refractivity contribution in [2.24, 2.45) is 0 Å². The van der Waals surface area contributed by atoms with Gasteiger partial charge in [0.05, 0.1) is 0 Å².